The number of methoxy groups -OCH3 is 1. The van der Waals surface area contributed by atoms with Crippen molar-refractivity contribution in [1.82, 2.24) is 5.32 Å². The lowest BCUT2D eigenvalue weighted by Gasteiger charge is -2.36. The molecule has 1 atom stereocenters. The summed E-state index contributed by atoms with van der Waals surface area (Å²) < 4.78 is 5.27. The smallest absolute Gasteiger partial charge is 0.119 e. The first kappa shape index (κ1) is 15.3. The van der Waals surface area contributed by atoms with Crippen LogP contribution in [-0.2, 0) is 0 Å². The summed E-state index contributed by atoms with van der Waals surface area (Å²) in [6.45, 7) is 3.36. The number of hydrogen-bond donors (Lipinski definition) is 2. The quantitative estimate of drug-likeness (QED) is 0.838. The number of aliphatic hydroxyl groups is 1. The Morgan fingerprint density at radius 3 is 2.70 bits per heavy atom. The van der Waals surface area contributed by atoms with Crippen LogP contribution in [0.5, 0.6) is 5.75 Å². The Balaban J connectivity index is 1.94. The van der Waals surface area contributed by atoms with Crippen LogP contribution in [0.1, 0.15) is 50.6 Å². The molecule has 1 saturated carbocycles. The molecule has 0 saturated heterocycles. The standard InChI is InChI=1S/C17H27NO2/c1-14(15-7-6-8-16(11-15)20-2)18-12-17(13-19)9-4-3-5-10-17/h6-8,11,14,18-19H,3-5,9-10,12-13H2,1-2H3/t14-/m0/s1. The predicted octanol–water partition coefficient (Wildman–Crippen LogP) is 3.29. The van der Waals surface area contributed by atoms with E-state index >= 15 is 0 Å². The van der Waals surface area contributed by atoms with Crippen molar-refractivity contribution in [2.75, 3.05) is 20.3 Å². The van der Waals surface area contributed by atoms with Gasteiger partial charge in [-0.25, -0.2) is 0 Å². The number of nitrogens with one attached hydrogen (secondary N) is 1. The number of rotatable bonds is 6. The molecule has 0 aliphatic heterocycles. The highest BCUT2D eigenvalue weighted by Crippen LogP contribution is 2.35. The number of hydrogen-bond acceptors (Lipinski definition) is 3. The third-order valence-corrected chi connectivity index (χ3v) is 4.63. The van der Waals surface area contributed by atoms with Gasteiger partial charge in [-0.3, -0.25) is 0 Å². The van der Waals surface area contributed by atoms with Crippen LogP contribution < -0.4 is 10.1 Å². The first-order valence-corrected chi connectivity index (χ1v) is 7.67. The van der Waals surface area contributed by atoms with Crippen molar-refractivity contribution in [1.29, 1.82) is 0 Å². The van der Waals surface area contributed by atoms with Gasteiger partial charge in [-0.2, -0.15) is 0 Å². The molecular weight excluding hydrogens is 250 g/mol. The molecule has 0 amide bonds. The highest BCUT2D eigenvalue weighted by Gasteiger charge is 2.31. The van der Waals surface area contributed by atoms with Crippen molar-refractivity contribution in [3.63, 3.8) is 0 Å². The van der Waals surface area contributed by atoms with E-state index < -0.39 is 0 Å². The second kappa shape index (κ2) is 7.09. The Kier molecular flexibility index (Phi) is 5.44. The maximum absolute atomic E-state index is 9.75. The number of benzene rings is 1. The summed E-state index contributed by atoms with van der Waals surface area (Å²) >= 11 is 0. The van der Waals surface area contributed by atoms with Crippen molar-refractivity contribution >= 4 is 0 Å². The van der Waals surface area contributed by atoms with Gasteiger partial charge in [0.2, 0.25) is 0 Å². The minimum atomic E-state index is 0.0887. The van der Waals surface area contributed by atoms with E-state index in [-0.39, 0.29) is 11.5 Å². The van der Waals surface area contributed by atoms with Crippen LogP contribution in [0.4, 0.5) is 0 Å². The summed E-state index contributed by atoms with van der Waals surface area (Å²) in [4.78, 5) is 0. The van der Waals surface area contributed by atoms with Crippen LogP contribution in [0.25, 0.3) is 0 Å². The number of ether oxygens (including phenoxy) is 1. The van der Waals surface area contributed by atoms with Crippen LogP contribution in [-0.4, -0.2) is 25.4 Å². The minimum absolute atomic E-state index is 0.0887. The maximum atomic E-state index is 9.75. The van der Waals surface area contributed by atoms with Crippen LogP contribution in [0.3, 0.4) is 0 Å². The lowest BCUT2D eigenvalue weighted by molar-refractivity contribution is 0.0789. The molecule has 112 valence electrons. The highest BCUT2D eigenvalue weighted by atomic mass is 16.5. The molecule has 0 aromatic heterocycles. The largest absolute Gasteiger partial charge is 0.497 e. The normalized spacial score (nSPS) is 19.6. The molecule has 3 heteroatoms. The van der Waals surface area contributed by atoms with E-state index in [0.717, 1.165) is 25.1 Å². The molecule has 20 heavy (non-hydrogen) atoms. The Hall–Kier alpha value is -1.06. The van der Waals surface area contributed by atoms with Gasteiger partial charge in [0.15, 0.2) is 0 Å². The zero-order valence-electron chi connectivity index (χ0n) is 12.7. The highest BCUT2D eigenvalue weighted by molar-refractivity contribution is 5.30. The zero-order chi connectivity index (χ0) is 14.4. The summed E-state index contributed by atoms with van der Waals surface area (Å²) in [5.74, 6) is 0.894. The van der Waals surface area contributed by atoms with E-state index in [0.29, 0.717) is 6.61 Å². The second-order valence-electron chi connectivity index (χ2n) is 6.10. The molecule has 0 radical (unpaired) electrons. The Morgan fingerprint density at radius 1 is 1.30 bits per heavy atom. The predicted molar refractivity (Wildman–Crippen MR) is 82.0 cm³/mol. The minimum Gasteiger partial charge on any atom is -0.497 e. The van der Waals surface area contributed by atoms with E-state index in [2.05, 4.69) is 24.4 Å². The lowest BCUT2D eigenvalue weighted by Crippen LogP contribution is -2.39. The van der Waals surface area contributed by atoms with Gasteiger partial charge in [0.1, 0.15) is 5.75 Å². The van der Waals surface area contributed by atoms with Crippen molar-refractivity contribution in [3.8, 4) is 5.75 Å². The van der Waals surface area contributed by atoms with Gasteiger partial charge in [0, 0.05) is 24.6 Å². The average molecular weight is 277 g/mol. The van der Waals surface area contributed by atoms with E-state index in [1.54, 1.807) is 7.11 Å². The fourth-order valence-electron chi connectivity index (χ4n) is 3.09. The first-order valence-electron chi connectivity index (χ1n) is 7.67. The van der Waals surface area contributed by atoms with Crippen LogP contribution >= 0.6 is 0 Å². The molecule has 1 aromatic rings. The summed E-state index contributed by atoms with van der Waals surface area (Å²) in [5, 5.41) is 13.3. The maximum Gasteiger partial charge on any atom is 0.119 e. The topological polar surface area (TPSA) is 41.5 Å². The van der Waals surface area contributed by atoms with Crippen molar-refractivity contribution in [2.45, 2.75) is 45.1 Å². The molecule has 3 nitrogen and oxygen atoms in total. The summed E-state index contributed by atoms with van der Waals surface area (Å²) in [6.07, 6.45) is 6.08. The summed E-state index contributed by atoms with van der Waals surface area (Å²) in [5.41, 5.74) is 1.32. The van der Waals surface area contributed by atoms with Gasteiger partial charge in [-0.1, -0.05) is 31.4 Å². The van der Waals surface area contributed by atoms with E-state index in [9.17, 15) is 5.11 Å². The molecular formula is C17H27NO2. The van der Waals surface area contributed by atoms with Crippen LogP contribution in [0, 0.1) is 5.41 Å². The lowest BCUT2D eigenvalue weighted by atomic mass is 9.74. The van der Waals surface area contributed by atoms with Crippen molar-refractivity contribution in [2.24, 2.45) is 5.41 Å². The fraction of sp³-hybridized carbons (Fsp3) is 0.647. The van der Waals surface area contributed by atoms with Crippen LogP contribution in [0.15, 0.2) is 24.3 Å². The first-order chi connectivity index (χ1) is 9.69. The van der Waals surface area contributed by atoms with Gasteiger partial charge in [0.05, 0.1) is 7.11 Å². The molecule has 1 aliphatic carbocycles. The monoisotopic (exact) mass is 277 g/mol. The van der Waals surface area contributed by atoms with Gasteiger partial charge in [0.25, 0.3) is 0 Å². The van der Waals surface area contributed by atoms with Crippen LogP contribution in [0.2, 0.25) is 0 Å². The molecule has 0 unspecified atom stereocenters. The molecule has 0 bridgehead atoms. The SMILES string of the molecule is COc1cccc([C@H](C)NCC2(CO)CCCCC2)c1. The van der Waals surface area contributed by atoms with Gasteiger partial charge in [-0.15, -0.1) is 0 Å². The fourth-order valence-corrected chi connectivity index (χ4v) is 3.09. The Morgan fingerprint density at radius 2 is 2.05 bits per heavy atom. The molecule has 0 heterocycles. The molecule has 1 aromatic carbocycles. The van der Waals surface area contributed by atoms with Crippen molar-refractivity contribution in [3.05, 3.63) is 29.8 Å². The molecule has 1 fully saturated rings. The van der Waals surface area contributed by atoms with Gasteiger partial charge in [-0.05, 0) is 37.5 Å². The molecule has 2 rings (SSSR count). The summed E-state index contributed by atoms with van der Waals surface area (Å²) in [6, 6.07) is 8.45. The number of aliphatic hydroxyl groups excluding tert-OH is 1. The average Bonchev–Trinajstić information content (AvgIpc) is 2.53. The Labute approximate surface area is 122 Å². The zero-order valence-corrected chi connectivity index (χ0v) is 12.7. The van der Waals surface area contributed by atoms with E-state index in [4.69, 9.17) is 4.74 Å². The van der Waals surface area contributed by atoms with Gasteiger partial charge < -0.3 is 15.2 Å². The molecule has 2 N–H and O–H groups in total. The molecule has 0 spiro atoms. The second-order valence-corrected chi connectivity index (χ2v) is 6.10. The van der Waals surface area contributed by atoms with E-state index in [1.165, 1.54) is 24.8 Å². The third kappa shape index (κ3) is 3.74. The summed E-state index contributed by atoms with van der Waals surface area (Å²) in [7, 11) is 1.69. The third-order valence-electron chi connectivity index (χ3n) is 4.63. The Bertz CT molecular complexity index is 413. The molecule has 1 aliphatic rings. The van der Waals surface area contributed by atoms with E-state index in [1.807, 2.05) is 12.1 Å². The van der Waals surface area contributed by atoms with Gasteiger partial charge >= 0.3 is 0 Å². The van der Waals surface area contributed by atoms with Crippen molar-refractivity contribution < 1.29 is 9.84 Å².